The number of ether oxygens (including phenoxy) is 1. The molecule has 1 aromatic rings. The van der Waals surface area contributed by atoms with E-state index >= 15 is 0 Å². The molecule has 5 nitrogen and oxygen atoms in total. The van der Waals surface area contributed by atoms with Crippen LogP contribution < -0.4 is 4.74 Å². The third kappa shape index (κ3) is 3.22. The molecular formula is C10H10N4O. The van der Waals surface area contributed by atoms with E-state index in [-0.39, 0.29) is 12.6 Å². The predicted octanol–water partition coefficient (Wildman–Crippen LogP) is 2.96. The van der Waals surface area contributed by atoms with Gasteiger partial charge in [0, 0.05) is 4.91 Å². The summed E-state index contributed by atoms with van der Waals surface area (Å²) in [5, 5.41) is 11.9. The van der Waals surface area contributed by atoms with Crippen molar-refractivity contribution in [3.8, 4) is 11.8 Å². The van der Waals surface area contributed by atoms with Crippen molar-refractivity contribution in [3.05, 3.63) is 40.3 Å². The fourth-order valence-electron chi connectivity index (χ4n) is 1.10. The second kappa shape index (κ2) is 5.53. The van der Waals surface area contributed by atoms with E-state index < -0.39 is 0 Å². The van der Waals surface area contributed by atoms with Gasteiger partial charge in [-0.05, 0) is 23.2 Å². The van der Waals surface area contributed by atoms with Gasteiger partial charge in [0.25, 0.3) is 0 Å². The molecule has 0 spiro atoms. The van der Waals surface area contributed by atoms with E-state index in [4.69, 9.17) is 15.5 Å². The normalized spacial score (nSPS) is 10.9. The van der Waals surface area contributed by atoms with Gasteiger partial charge in [0.05, 0.1) is 6.04 Å². The van der Waals surface area contributed by atoms with Crippen LogP contribution in [0.15, 0.2) is 29.4 Å². The number of hydrogen-bond acceptors (Lipinski definition) is 3. The molecule has 0 aliphatic rings. The molecule has 0 radical (unpaired) electrons. The SMILES string of the molecule is C[C@H](N=[N+]=[N-])c1ccc(OCC#N)cc1. The molecule has 0 unspecified atom stereocenters. The monoisotopic (exact) mass is 202 g/mol. The van der Waals surface area contributed by atoms with Gasteiger partial charge in [-0.15, -0.1) is 0 Å². The van der Waals surface area contributed by atoms with Gasteiger partial charge < -0.3 is 4.74 Å². The van der Waals surface area contributed by atoms with Crippen LogP contribution in [0.1, 0.15) is 18.5 Å². The van der Waals surface area contributed by atoms with Crippen LogP contribution in [-0.4, -0.2) is 6.61 Å². The minimum absolute atomic E-state index is 0.0330. The number of benzene rings is 1. The lowest BCUT2D eigenvalue weighted by atomic mass is 10.1. The maximum absolute atomic E-state index is 8.31. The molecule has 0 aromatic heterocycles. The molecule has 0 saturated heterocycles. The van der Waals surface area contributed by atoms with E-state index in [0.717, 1.165) is 5.56 Å². The second-order valence-corrected chi connectivity index (χ2v) is 2.90. The molecule has 5 heteroatoms. The molecule has 76 valence electrons. The molecule has 0 aliphatic heterocycles. The molecule has 0 fully saturated rings. The zero-order valence-electron chi connectivity index (χ0n) is 8.29. The van der Waals surface area contributed by atoms with Crippen molar-refractivity contribution in [3.63, 3.8) is 0 Å². The Labute approximate surface area is 87.5 Å². The van der Waals surface area contributed by atoms with E-state index in [1.165, 1.54) is 0 Å². The van der Waals surface area contributed by atoms with Crippen LogP contribution in [0, 0.1) is 11.3 Å². The summed E-state index contributed by atoms with van der Waals surface area (Å²) >= 11 is 0. The van der Waals surface area contributed by atoms with Crippen molar-refractivity contribution in [2.24, 2.45) is 5.11 Å². The maximum Gasteiger partial charge on any atom is 0.174 e. The van der Waals surface area contributed by atoms with Crippen LogP contribution in [0.5, 0.6) is 5.75 Å². The van der Waals surface area contributed by atoms with Gasteiger partial charge in [0.1, 0.15) is 11.8 Å². The Hall–Kier alpha value is -2.18. The summed E-state index contributed by atoms with van der Waals surface area (Å²) in [5.74, 6) is 0.633. The van der Waals surface area contributed by atoms with Crippen LogP contribution in [-0.2, 0) is 0 Å². The highest BCUT2D eigenvalue weighted by Gasteiger charge is 2.02. The lowest BCUT2D eigenvalue weighted by Crippen LogP contribution is -1.94. The van der Waals surface area contributed by atoms with E-state index in [0.29, 0.717) is 5.75 Å². The summed E-state index contributed by atoms with van der Waals surface area (Å²) in [6.45, 7) is 1.84. The first-order valence-corrected chi connectivity index (χ1v) is 4.42. The van der Waals surface area contributed by atoms with Crippen LogP contribution in [0.3, 0.4) is 0 Å². The fraction of sp³-hybridized carbons (Fsp3) is 0.300. The third-order valence-electron chi connectivity index (χ3n) is 1.89. The Balaban J connectivity index is 2.72. The zero-order chi connectivity index (χ0) is 11.1. The minimum Gasteiger partial charge on any atom is -0.479 e. The molecule has 0 amide bonds. The van der Waals surface area contributed by atoms with Gasteiger partial charge in [-0.2, -0.15) is 5.26 Å². The Morgan fingerprint density at radius 3 is 2.73 bits per heavy atom. The number of rotatable bonds is 4. The first kappa shape index (κ1) is 10.9. The van der Waals surface area contributed by atoms with Crippen LogP contribution in [0.2, 0.25) is 0 Å². The average Bonchev–Trinajstić information content (AvgIpc) is 2.27. The Morgan fingerprint density at radius 2 is 2.20 bits per heavy atom. The van der Waals surface area contributed by atoms with Gasteiger partial charge in [-0.1, -0.05) is 24.2 Å². The van der Waals surface area contributed by atoms with Gasteiger partial charge in [-0.3, -0.25) is 0 Å². The van der Waals surface area contributed by atoms with Gasteiger partial charge in [-0.25, -0.2) is 0 Å². The fourth-order valence-corrected chi connectivity index (χ4v) is 1.10. The lowest BCUT2D eigenvalue weighted by Gasteiger charge is -2.06. The Kier molecular flexibility index (Phi) is 4.02. The standard InChI is InChI=1S/C10H10N4O/c1-8(13-14-12)9-2-4-10(5-3-9)15-7-6-11/h2-5,8H,7H2,1H3/t8-/m0/s1. The largest absolute Gasteiger partial charge is 0.479 e. The molecule has 15 heavy (non-hydrogen) atoms. The van der Waals surface area contributed by atoms with Gasteiger partial charge in [0.2, 0.25) is 0 Å². The molecular weight excluding hydrogens is 192 g/mol. The molecule has 0 N–H and O–H groups in total. The average molecular weight is 202 g/mol. The van der Waals surface area contributed by atoms with Gasteiger partial charge in [0.15, 0.2) is 6.61 Å². The molecule has 0 aliphatic carbocycles. The van der Waals surface area contributed by atoms with Crippen molar-refractivity contribution in [1.82, 2.24) is 0 Å². The Morgan fingerprint density at radius 1 is 1.53 bits per heavy atom. The van der Waals surface area contributed by atoms with Crippen LogP contribution in [0.4, 0.5) is 0 Å². The van der Waals surface area contributed by atoms with E-state index in [2.05, 4.69) is 10.0 Å². The number of azide groups is 1. The third-order valence-corrected chi connectivity index (χ3v) is 1.89. The van der Waals surface area contributed by atoms with E-state index in [1.54, 1.807) is 12.1 Å². The maximum atomic E-state index is 8.31. The number of nitriles is 1. The highest BCUT2D eigenvalue weighted by Crippen LogP contribution is 2.20. The second-order valence-electron chi connectivity index (χ2n) is 2.90. The van der Waals surface area contributed by atoms with Crippen LogP contribution >= 0.6 is 0 Å². The summed E-state index contributed by atoms with van der Waals surface area (Å²) in [6.07, 6.45) is 0. The molecule has 0 heterocycles. The number of hydrogen-bond donors (Lipinski definition) is 0. The van der Waals surface area contributed by atoms with E-state index in [9.17, 15) is 0 Å². The highest BCUT2D eigenvalue weighted by molar-refractivity contribution is 5.29. The molecule has 1 aromatic carbocycles. The Bertz CT molecular complexity index is 400. The summed E-state index contributed by atoms with van der Waals surface area (Å²) < 4.78 is 5.09. The van der Waals surface area contributed by atoms with E-state index in [1.807, 2.05) is 25.1 Å². The summed E-state index contributed by atoms with van der Waals surface area (Å²) in [5.41, 5.74) is 9.18. The quantitative estimate of drug-likeness (QED) is 0.427. The first-order chi connectivity index (χ1) is 7.27. The minimum atomic E-state index is -0.194. The topological polar surface area (TPSA) is 81.8 Å². The number of nitrogens with zero attached hydrogens (tertiary/aromatic N) is 4. The molecule has 1 atom stereocenters. The van der Waals surface area contributed by atoms with Crippen molar-refractivity contribution >= 4 is 0 Å². The summed E-state index contributed by atoms with van der Waals surface area (Å²) in [7, 11) is 0. The highest BCUT2D eigenvalue weighted by atomic mass is 16.5. The smallest absolute Gasteiger partial charge is 0.174 e. The molecule has 1 rings (SSSR count). The predicted molar refractivity (Wildman–Crippen MR) is 55.1 cm³/mol. The molecule has 0 bridgehead atoms. The zero-order valence-corrected chi connectivity index (χ0v) is 8.29. The van der Waals surface area contributed by atoms with Crippen LogP contribution in [0.25, 0.3) is 10.4 Å². The van der Waals surface area contributed by atoms with Crippen molar-refractivity contribution in [2.45, 2.75) is 13.0 Å². The van der Waals surface area contributed by atoms with Gasteiger partial charge >= 0.3 is 0 Å². The van der Waals surface area contributed by atoms with Crippen molar-refractivity contribution in [2.75, 3.05) is 6.61 Å². The first-order valence-electron chi connectivity index (χ1n) is 4.42. The van der Waals surface area contributed by atoms with Crippen molar-refractivity contribution < 1.29 is 4.74 Å². The summed E-state index contributed by atoms with van der Waals surface area (Å²) in [6, 6.07) is 8.81. The lowest BCUT2D eigenvalue weighted by molar-refractivity contribution is 0.368. The molecule has 0 saturated carbocycles. The summed E-state index contributed by atoms with van der Waals surface area (Å²) in [4.78, 5) is 2.73. The van der Waals surface area contributed by atoms with Crippen molar-refractivity contribution in [1.29, 1.82) is 5.26 Å².